The van der Waals surface area contributed by atoms with Crippen molar-refractivity contribution >= 4 is 0 Å². The zero-order chi connectivity index (χ0) is 7.78. The maximum Gasteiger partial charge on any atom is 0.103 e. The standard InChI is InChI=1S/C7H14O3/c1-7(2)3-5(8)6(9)4-10-7/h5-6,8-9H,3-4H2,1-2H3/t5-,6+/m1/s1. The third-order valence-corrected chi connectivity index (χ3v) is 1.79. The van der Waals surface area contributed by atoms with E-state index in [1.54, 1.807) is 0 Å². The van der Waals surface area contributed by atoms with Gasteiger partial charge in [0.2, 0.25) is 0 Å². The molecule has 1 aliphatic rings. The Morgan fingerprint density at radius 1 is 1.30 bits per heavy atom. The normalized spacial score (nSPS) is 39.6. The van der Waals surface area contributed by atoms with E-state index in [-0.39, 0.29) is 12.2 Å². The molecule has 3 nitrogen and oxygen atoms in total. The van der Waals surface area contributed by atoms with Crippen LogP contribution in [0.25, 0.3) is 0 Å². The molecule has 0 saturated carbocycles. The second kappa shape index (κ2) is 2.49. The first kappa shape index (κ1) is 7.98. The molecule has 0 aliphatic carbocycles. The summed E-state index contributed by atoms with van der Waals surface area (Å²) in [6.45, 7) is 4.05. The van der Waals surface area contributed by atoms with Gasteiger partial charge in [-0.1, -0.05) is 0 Å². The van der Waals surface area contributed by atoms with E-state index in [2.05, 4.69) is 0 Å². The highest BCUT2D eigenvalue weighted by molar-refractivity contribution is 4.83. The zero-order valence-electron chi connectivity index (χ0n) is 6.37. The number of hydrogen-bond acceptors (Lipinski definition) is 3. The largest absolute Gasteiger partial charge is 0.390 e. The fourth-order valence-electron chi connectivity index (χ4n) is 1.12. The van der Waals surface area contributed by atoms with Gasteiger partial charge in [-0.15, -0.1) is 0 Å². The second-order valence-corrected chi connectivity index (χ2v) is 3.41. The fraction of sp³-hybridized carbons (Fsp3) is 1.00. The van der Waals surface area contributed by atoms with E-state index in [1.807, 2.05) is 13.8 Å². The molecule has 1 fully saturated rings. The van der Waals surface area contributed by atoms with Gasteiger partial charge in [-0.2, -0.15) is 0 Å². The zero-order valence-corrected chi connectivity index (χ0v) is 6.37. The van der Waals surface area contributed by atoms with Crippen molar-refractivity contribution in [2.45, 2.75) is 38.1 Å². The number of hydrogen-bond donors (Lipinski definition) is 2. The molecule has 10 heavy (non-hydrogen) atoms. The Morgan fingerprint density at radius 3 is 2.30 bits per heavy atom. The van der Waals surface area contributed by atoms with Crippen molar-refractivity contribution in [2.75, 3.05) is 6.61 Å². The lowest BCUT2D eigenvalue weighted by molar-refractivity contribution is -0.156. The fourth-order valence-corrected chi connectivity index (χ4v) is 1.12. The van der Waals surface area contributed by atoms with Gasteiger partial charge in [0.25, 0.3) is 0 Å². The summed E-state index contributed by atoms with van der Waals surface area (Å²) < 4.78 is 5.24. The summed E-state index contributed by atoms with van der Waals surface area (Å²) in [7, 11) is 0. The molecule has 1 rings (SSSR count). The predicted molar refractivity (Wildman–Crippen MR) is 36.7 cm³/mol. The SMILES string of the molecule is CC1(C)C[C@@H](O)[C@@H](O)CO1. The van der Waals surface area contributed by atoms with Crippen LogP contribution in [-0.4, -0.2) is 34.6 Å². The Morgan fingerprint density at radius 2 is 1.90 bits per heavy atom. The monoisotopic (exact) mass is 146 g/mol. The van der Waals surface area contributed by atoms with Crippen LogP contribution < -0.4 is 0 Å². The molecular formula is C7H14O3. The number of ether oxygens (including phenoxy) is 1. The van der Waals surface area contributed by atoms with E-state index >= 15 is 0 Å². The van der Waals surface area contributed by atoms with E-state index in [1.165, 1.54) is 0 Å². The first-order valence-corrected chi connectivity index (χ1v) is 3.51. The van der Waals surface area contributed by atoms with Crippen LogP contribution in [0.4, 0.5) is 0 Å². The summed E-state index contributed by atoms with van der Waals surface area (Å²) in [5, 5.41) is 18.2. The minimum atomic E-state index is -0.701. The topological polar surface area (TPSA) is 49.7 Å². The molecule has 0 aromatic heterocycles. The number of rotatable bonds is 0. The molecule has 1 heterocycles. The van der Waals surface area contributed by atoms with Crippen molar-refractivity contribution in [3.63, 3.8) is 0 Å². The third-order valence-electron chi connectivity index (χ3n) is 1.79. The van der Waals surface area contributed by atoms with Crippen LogP contribution in [0.2, 0.25) is 0 Å². The van der Waals surface area contributed by atoms with Crippen molar-refractivity contribution in [1.82, 2.24) is 0 Å². The first-order valence-electron chi connectivity index (χ1n) is 3.51. The summed E-state index contributed by atoms with van der Waals surface area (Å²) in [4.78, 5) is 0. The van der Waals surface area contributed by atoms with E-state index in [9.17, 15) is 5.11 Å². The van der Waals surface area contributed by atoms with Gasteiger partial charge in [0, 0.05) is 6.42 Å². The summed E-state index contributed by atoms with van der Waals surface area (Å²) in [6, 6.07) is 0. The number of aliphatic hydroxyl groups is 2. The van der Waals surface area contributed by atoms with Gasteiger partial charge in [-0.25, -0.2) is 0 Å². The van der Waals surface area contributed by atoms with Crippen molar-refractivity contribution in [3.05, 3.63) is 0 Å². The van der Waals surface area contributed by atoms with Gasteiger partial charge in [0.05, 0.1) is 18.3 Å². The molecule has 0 aromatic carbocycles. The predicted octanol–water partition coefficient (Wildman–Crippen LogP) is -0.0929. The third kappa shape index (κ3) is 1.68. The maximum atomic E-state index is 9.18. The van der Waals surface area contributed by atoms with Gasteiger partial charge in [-0.05, 0) is 13.8 Å². The Balaban J connectivity index is 2.49. The quantitative estimate of drug-likeness (QED) is 0.502. The van der Waals surface area contributed by atoms with Crippen LogP contribution in [0, 0.1) is 0 Å². The van der Waals surface area contributed by atoms with Crippen LogP contribution >= 0.6 is 0 Å². The molecule has 0 amide bonds. The lowest BCUT2D eigenvalue weighted by atomic mass is 9.94. The smallest absolute Gasteiger partial charge is 0.103 e. The van der Waals surface area contributed by atoms with Gasteiger partial charge < -0.3 is 14.9 Å². The van der Waals surface area contributed by atoms with E-state index in [0.29, 0.717) is 6.42 Å². The molecule has 0 spiro atoms. The molecule has 1 saturated heterocycles. The van der Waals surface area contributed by atoms with E-state index in [4.69, 9.17) is 9.84 Å². The Kier molecular flexibility index (Phi) is 1.99. The van der Waals surface area contributed by atoms with Gasteiger partial charge in [-0.3, -0.25) is 0 Å². The molecule has 0 bridgehead atoms. The van der Waals surface area contributed by atoms with Gasteiger partial charge in [0.1, 0.15) is 6.10 Å². The van der Waals surface area contributed by atoms with Gasteiger partial charge >= 0.3 is 0 Å². The highest BCUT2D eigenvalue weighted by Crippen LogP contribution is 2.23. The van der Waals surface area contributed by atoms with Crippen molar-refractivity contribution < 1.29 is 14.9 Å². The first-order chi connectivity index (χ1) is 4.51. The number of aliphatic hydroxyl groups excluding tert-OH is 2. The highest BCUT2D eigenvalue weighted by Gasteiger charge is 2.33. The molecule has 2 atom stereocenters. The molecule has 3 heteroatoms. The minimum absolute atomic E-state index is 0.244. The highest BCUT2D eigenvalue weighted by atomic mass is 16.5. The summed E-state index contributed by atoms with van der Waals surface area (Å²) in [5.74, 6) is 0. The Hall–Kier alpha value is -0.120. The van der Waals surface area contributed by atoms with Crippen LogP contribution in [0.15, 0.2) is 0 Å². The van der Waals surface area contributed by atoms with E-state index < -0.39 is 12.2 Å². The summed E-state index contributed by atoms with van der Waals surface area (Å²) in [5.41, 5.74) is -0.279. The van der Waals surface area contributed by atoms with Crippen molar-refractivity contribution in [2.24, 2.45) is 0 Å². The molecule has 1 aliphatic heterocycles. The Bertz CT molecular complexity index is 122. The molecule has 2 N–H and O–H groups in total. The minimum Gasteiger partial charge on any atom is -0.390 e. The van der Waals surface area contributed by atoms with Crippen LogP contribution in [-0.2, 0) is 4.74 Å². The maximum absolute atomic E-state index is 9.18. The molecule has 0 radical (unpaired) electrons. The molecular weight excluding hydrogens is 132 g/mol. The van der Waals surface area contributed by atoms with Crippen LogP contribution in [0.3, 0.4) is 0 Å². The van der Waals surface area contributed by atoms with Crippen LogP contribution in [0.5, 0.6) is 0 Å². The molecule has 0 aromatic rings. The molecule has 60 valence electrons. The summed E-state index contributed by atoms with van der Waals surface area (Å²) in [6.07, 6.45) is -0.814. The Labute approximate surface area is 60.6 Å². The van der Waals surface area contributed by atoms with E-state index in [0.717, 1.165) is 0 Å². The van der Waals surface area contributed by atoms with Gasteiger partial charge in [0.15, 0.2) is 0 Å². The summed E-state index contributed by atoms with van der Waals surface area (Å²) >= 11 is 0. The van der Waals surface area contributed by atoms with Crippen molar-refractivity contribution in [1.29, 1.82) is 0 Å². The second-order valence-electron chi connectivity index (χ2n) is 3.41. The molecule has 0 unspecified atom stereocenters. The average Bonchev–Trinajstić information content (AvgIpc) is 1.79. The van der Waals surface area contributed by atoms with Crippen LogP contribution in [0.1, 0.15) is 20.3 Å². The average molecular weight is 146 g/mol. The lowest BCUT2D eigenvalue weighted by Gasteiger charge is -2.35. The lowest BCUT2D eigenvalue weighted by Crippen LogP contribution is -2.45. The van der Waals surface area contributed by atoms with Crippen molar-refractivity contribution in [3.8, 4) is 0 Å².